The van der Waals surface area contributed by atoms with Crippen LogP contribution in [0.5, 0.6) is 0 Å². The van der Waals surface area contributed by atoms with Gasteiger partial charge < -0.3 is 14.5 Å². The highest BCUT2D eigenvalue weighted by molar-refractivity contribution is 5.78. The highest BCUT2D eigenvalue weighted by Gasteiger charge is 2.51. The number of hydrogen-bond donors (Lipinski definition) is 0. The maximum absolute atomic E-state index is 12.8. The molecule has 0 atom stereocenters. The van der Waals surface area contributed by atoms with Crippen molar-refractivity contribution in [2.75, 3.05) is 39.9 Å². The number of urea groups is 1. The first-order valence-corrected chi connectivity index (χ1v) is 9.41. The van der Waals surface area contributed by atoms with Gasteiger partial charge in [-0.2, -0.15) is 0 Å². The van der Waals surface area contributed by atoms with E-state index in [9.17, 15) is 4.79 Å². The molecule has 25 heavy (non-hydrogen) atoms. The van der Waals surface area contributed by atoms with Gasteiger partial charge in [0.25, 0.3) is 0 Å². The molecule has 0 unspecified atom stereocenters. The van der Waals surface area contributed by atoms with E-state index in [0.29, 0.717) is 6.04 Å². The molecule has 3 aliphatic heterocycles. The number of carbonyl (C=O) groups excluding carboxylic acids is 1. The first kappa shape index (κ1) is 16.8. The van der Waals surface area contributed by atoms with Crippen molar-refractivity contribution in [3.8, 4) is 0 Å². The topological polar surface area (TPSA) is 48.9 Å². The molecule has 0 N–H and O–H groups in total. The van der Waals surface area contributed by atoms with Crippen molar-refractivity contribution >= 4 is 6.03 Å². The molecule has 1 aromatic heterocycles. The first-order valence-electron chi connectivity index (χ1n) is 9.41. The molecule has 0 saturated carbocycles. The summed E-state index contributed by atoms with van der Waals surface area (Å²) in [6.45, 7) is 5.44. The highest BCUT2D eigenvalue weighted by Crippen LogP contribution is 2.38. The fourth-order valence-corrected chi connectivity index (χ4v) is 4.75. The van der Waals surface area contributed by atoms with Crippen LogP contribution < -0.4 is 0 Å². The normalized spacial score (nSPS) is 25.1. The Kier molecular flexibility index (Phi) is 4.65. The molecule has 0 aliphatic carbocycles. The van der Waals surface area contributed by atoms with Gasteiger partial charge in [0, 0.05) is 64.9 Å². The second-order valence-corrected chi connectivity index (χ2v) is 7.71. The summed E-state index contributed by atoms with van der Waals surface area (Å²) >= 11 is 0. The van der Waals surface area contributed by atoms with E-state index in [1.807, 2.05) is 30.4 Å². The van der Waals surface area contributed by atoms with Gasteiger partial charge in [-0.05, 0) is 37.3 Å². The number of nitrogens with zero attached hydrogens (tertiary/aromatic N) is 4. The van der Waals surface area contributed by atoms with Crippen molar-refractivity contribution in [1.82, 2.24) is 19.7 Å². The Bertz CT molecular complexity index is 595. The molecule has 136 valence electrons. The van der Waals surface area contributed by atoms with Crippen LogP contribution in [0.4, 0.5) is 4.79 Å². The van der Waals surface area contributed by atoms with Crippen LogP contribution >= 0.6 is 0 Å². The minimum absolute atomic E-state index is 0.000268. The second kappa shape index (κ2) is 6.92. The van der Waals surface area contributed by atoms with E-state index in [-0.39, 0.29) is 11.6 Å². The van der Waals surface area contributed by atoms with Crippen molar-refractivity contribution in [3.05, 3.63) is 30.1 Å². The predicted molar refractivity (Wildman–Crippen MR) is 95.2 cm³/mol. The first-order chi connectivity index (χ1) is 12.2. The van der Waals surface area contributed by atoms with Crippen LogP contribution in [0.25, 0.3) is 0 Å². The second-order valence-electron chi connectivity index (χ2n) is 7.71. The zero-order valence-electron chi connectivity index (χ0n) is 15.1. The summed E-state index contributed by atoms with van der Waals surface area (Å²) in [7, 11) is 1.94. The van der Waals surface area contributed by atoms with E-state index in [1.165, 1.54) is 5.56 Å². The molecule has 6 nitrogen and oxygen atoms in total. The van der Waals surface area contributed by atoms with E-state index < -0.39 is 0 Å². The molecular weight excluding hydrogens is 316 g/mol. The van der Waals surface area contributed by atoms with Gasteiger partial charge in [-0.25, -0.2) is 4.79 Å². The summed E-state index contributed by atoms with van der Waals surface area (Å²) in [5.74, 6) is 0. The number of carbonyl (C=O) groups is 1. The Hall–Kier alpha value is -1.66. The number of amides is 2. The molecule has 0 bridgehead atoms. The third-order valence-corrected chi connectivity index (χ3v) is 6.05. The minimum Gasteiger partial charge on any atom is -0.381 e. The summed E-state index contributed by atoms with van der Waals surface area (Å²) < 4.78 is 5.58. The maximum atomic E-state index is 12.8. The Morgan fingerprint density at radius 1 is 1.28 bits per heavy atom. The lowest BCUT2D eigenvalue weighted by atomic mass is 9.86. The van der Waals surface area contributed by atoms with E-state index in [4.69, 9.17) is 4.74 Å². The van der Waals surface area contributed by atoms with E-state index >= 15 is 0 Å². The number of pyridine rings is 1. The fourth-order valence-electron chi connectivity index (χ4n) is 4.75. The summed E-state index contributed by atoms with van der Waals surface area (Å²) in [4.78, 5) is 23.7. The van der Waals surface area contributed by atoms with E-state index in [0.717, 1.165) is 65.1 Å². The van der Waals surface area contributed by atoms with Crippen molar-refractivity contribution in [3.63, 3.8) is 0 Å². The molecule has 3 aliphatic rings. The SMILES string of the molecule is CN1CC2(CCOCC2)N(C2CCN(Cc3cccnc3)CC2)C1=O. The molecule has 0 radical (unpaired) electrons. The fraction of sp³-hybridized carbons (Fsp3) is 0.684. The Balaban J connectivity index is 1.41. The summed E-state index contributed by atoms with van der Waals surface area (Å²) in [5, 5.41) is 0. The van der Waals surface area contributed by atoms with Crippen LogP contribution in [-0.4, -0.2) is 77.2 Å². The van der Waals surface area contributed by atoms with Crippen LogP contribution in [0.15, 0.2) is 24.5 Å². The number of rotatable bonds is 3. The quantitative estimate of drug-likeness (QED) is 0.841. The summed E-state index contributed by atoms with van der Waals surface area (Å²) in [6.07, 6.45) is 7.82. The lowest BCUT2D eigenvalue weighted by molar-refractivity contribution is -0.0165. The number of hydrogen-bond acceptors (Lipinski definition) is 4. The Morgan fingerprint density at radius 3 is 2.72 bits per heavy atom. The van der Waals surface area contributed by atoms with Gasteiger partial charge in [-0.15, -0.1) is 0 Å². The van der Waals surface area contributed by atoms with E-state index in [1.54, 1.807) is 0 Å². The summed E-state index contributed by atoms with van der Waals surface area (Å²) in [5.41, 5.74) is 1.26. The molecule has 4 rings (SSSR count). The van der Waals surface area contributed by atoms with Gasteiger partial charge in [0.2, 0.25) is 0 Å². The van der Waals surface area contributed by atoms with Crippen LogP contribution in [0, 0.1) is 0 Å². The molecule has 3 fully saturated rings. The van der Waals surface area contributed by atoms with Crippen molar-refractivity contribution in [2.45, 2.75) is 43.8 Å². The predicted octanol–water partition coefficient (Wildman–Crippen LogP) is 1.96. The van der Waals surface area contributed by atoms with Gasteiger partial charge in [-0.1, -0.05) is 6.07 Å². The zero-order valence-corrected chi connectivity index (χ0v) is 15.1. The third kappa shape index (κ3) is 3.25. The van der Waals surface area contributed by atoms with Crippen LogP contribution in [0.3, 0.4) is 0 Å². The molecule has 6 heteroatoms. The molecule has 0 aromatic carbocycles. The molecule has 1 aromatic rings. The van der Waals surface area contributed by atoms with Crippen molar-refractivity contribution < 1.29 is 9.53 Å². The highest BCUT2D eigenvalue weighted by atomic mass is 16.5. The number of piperidine rings is 1. The summed E-state index contributed by atoms with van der Waals surface area (Å²) in [6, 6.07) is 4.71. The van der Waals surface area contributed by atoms with Crippen LogP contribution in [0.1, 0.15) is 31.2 Å². The molecule has 1 spiro atoms. The number of likely N-dealkylation sites (tertiary alicyclic amines) is 1. The zero-order chi connectivity index (χ0) is 17.3. The van der Waals surface area contributed by atoms with Gasteiger partial charge in [0.05, 0.1) is 5.54 Å². The maximum Gasteiger partial charge on any atom is 0.320 e. The van der Waals surface area contributed by atoms with Gasteiger partial charge in [0.1, 0.15) is 0 Å². The number of likely N-dealkylation sites (N-methyl/N-ethyl adjacent to an activating group) is 1. The largest absolute Gasteiger partial charge is 0.381 e. The average molecular weight is 344 g/mol. The van der Waals surface area contributed by atoms with E-state index in [2.05, 4.69) is 20.9 Å². The average Bonchev–Trinajstić information content (AvgIpc) is 2.87. The third-order valence-electron chi connectivity index (χ3n) is 6.05. The van der Waals surface area contributed by atoms with Gasteiger partial charge >= 0.3 is 6.03 Å². The monoisotopic (exact) mass is 344 g/mol. The Labute approximate surface area is 149 Å². The molecular formula is C19H28N4O2. The smallest absolute Gasteiger partial charge is 0.320 e. The van der Waals surface area contributed by atoms with Crippen LogP contribution in [0.2, 0.25) is 0 Å². The molecule has 4 heterocycles. The lowest BCUT2D eigenvalue weighted by Gasteiger charge is -2.46. The van der Waals surface area contributed by atoms with Crippen LogP contribution in [-0.2, 0) is 11.3 Å². The Morgan fingerprint density at radius 2 is 2.04 bits per heavy atom. The van der Waals surface area contributed by atoms with Gasteiger partial charge in [0.15, 0.2) is 0 Å². The standard InChI is InChI=1S/C19H28N4O2/c1-21-15-19(6-11-25-12-7-19)23(18(21)24)17-4-9-22(10-5-17)14-16-3-2-8-20-13-16/h2-3,8,13,17H,4-7,9-12,14-15H2,1H3. The van der Waals surface area contributed by atoms with Gasteiger partial charge in [-0.3, -0.25) is 9.88 Å². The minimum atomic E-state index is 0.000268. The molecule has 2 amide bonds. The number of aromatic nitrogens is 1. The molecule has 3 saturated heterocycles. The number of ether oxygens (including phenoxy) is 1. The van der Waals surface area contributed by atoms with Crippen molar-refractivity contribution in [2.24, 2.45) is 0 Å². The van der Waals surface area contributed by atoms with Crippen molar-refractivity contribution in [1.29, 1.82) is 0 Å². The lowest BCUT2D eigenvalue weighted by Crippen LogP contribution is -2.57.